The second-order valence-corrected chi connectivity index (χ2v) is 9.99. The number of carboxylic acids is 1. The predicted octanol–water partition coefficient (Wildman–Crippen LogP) is 5.70. The Labute approximate surface area is 208 Å². The standard InChI is InChI=1S/C18H22N2O3S2.C4H9NO2.C2H6/c1-2-20-25(23)16-10-13(18(21)22)8-9-14(16)15-11-19-17(24-15)12-6-4-3-5-7-12;1-3(2)7-4(5)6;1-2/h8-12,20H,2-7H2,1H3,(H,21,22);3H,1-2H3,(H2,5,6);1-2H3. The van der Waals surface area contributed by atoms with Gasteiger partial charge in [0.05, 0.1) is 26.4 Å². The summed E-state index contributed by atoms with van der Waals surface area (Å²) in [7, 11) is -1.45. The zero-order chi connectivity index (χ0) is 25.7. The highest BCUT2D eigenvalue weighted by Gasteiger charge is 2.21. The van der Waals surface area contributed by atoms with Crippen LogP contribution in [0.5, 0.6) is 0 Å². The number of amides is 1. The largest absolute Gasteiger partial charge is 0.478 e. The molecule has 1 aromatic heterocycles. The van der Waals surface area contributed by atoms with Crippen LogP contribution < -0.4 is 10.5 Å². The van der Waals surface area contributed by atoms with Crippen molar-refractivity contribution in [2.24, 2.45) is 5.73 Å². The van der Waals surface area contributed by atoms with Gasteiger partial charge in [0.15, 0.2) is 0 Å². The molecule has 0 saturated heterocycles. The van der Waals surface area contributed by atoms with Gasteiger partial charge in [0.1, 0.15) is 11.0 Å². The van der Waals surface area contributed by atoms with E-state index in [4.69, 9.17) is 0 Å². The fourth-order valence-electron chi connectivity index (χ4n) is 3.40. The number of carbonyl (C=O) groups is 2. The van der Waals surface area contributed by atoms with Crippen LogP contribution in [0, 0.1) is 0 Å². The molecule has 34 heavy (non-hydrogen) atoms. The van der Waals surface area contributed by atoms with Crippen molar-refractivity contribution in [3.63, 3.8) is 0 Å². The summed E-state index contributed by atoms with van der Waals surface area (Å²) >= 11 is 1.64. The predicted molar refractivity (Wildman–Crippen MR) is 138 cm³/mol. The number of aromatic carboxylic acids is 1. The van der Waals surface area contributed by atoms with E-state index in [1.807, 2.05) is 27.0 Å². The highest BCUT2D eigenvalue weighted by atomic mass is 32.2. The van der Waals surface area contributed by atoms with Crippen molar-refractivity contribution in [3.05, 3.63) is 35.0 Å². The molecule has 1 atom stereocenters. The molecular weight excluding hydrogens is 474 g/mol. The first-order chi connectivity index (χ1) is 16.2. The number of nitrogens with one attached hydrogen (secondary N) is 1. The van der Waals surface area contributed by atoms with Crippen LogP contribution in [0.25, 0.3) is 10.4 Å². The van der Waals surface area contributed by atoms with E-state index in [1.54, 1.807) is 37.3 Å². The second-order valence-electron chi connectivity index (χ2n) is 7.67. The van der Waals surface area contributed by atoms with Crippen molar-refractivity contribution in [1.82, 2.24) is 9.71 Å². The van der Waals surface area contributed by atoms with Crippen LogP contribution >= 0.6 is 11.3 Å². The van der Waals surface area contributed by atoms with Gasteiger partial charge in [-0.2, -0.15) is 0 Å². The zero-order valence-electron chi connectivity index (χ0n) is 20.6. The molecule has 3 rings (SSSR count). The van der Waals surface area contributed by atoms with Gasteiger partial charge < -0.3 is 15.6 Å². The summed E-state index contributed by atoms with van der Waals surface area (Å²) in [5.74, 6) is -0.498. The van der Waals surface area contributed by atoms with Crippen LogP contribution in [0.3, 0.4) is 0 Å². The van der Waals surface area contributed by atoms with E-state index < -0.39 is 23.0 Å². The molecule has 1 saturated carbocycles. The van der Waals surface area contributed by atoms with Gasteiger partial charge in [-0.05, 0) is 38.8 Å². The van der Waals surface area contributed by atoms with Crippen molar-refractivity contribution in [1.29, 1.82) is 0 Å². The number of ether oxygens (including phenoxy) is 1. The Bertz CT molecular complexity index is 940. The van der Waals surface area contributed by atoms with Crippen LogP contribution in [0.15, 0.2) is 29.3 Å². The molecule has 10 heteroatoms. The van der Waals surface area contributed by atoms with Gasteiger partial charge in [0, 0.05) is 24.2 Å². The smallest absolute Gasteiger partial charge is 0.404 e. The molecule has 0 bridgehead atoms. The molecule has 1 aromatic carbocycles. The lowest BCUT2D eigenvalue weighted by Gasteiger charge is -2.18. The molecule has 2 aromatic rings. The van der Waals surface area contributed by atoms with Gasteiger partial charge in [0.2, 0.25) is 0 Å². The van der Waals surface area contributed by atoms with Gasteiger partial charge in [-0.3, -0.25) is 0 Å². The number of carboxylic acid groups (broad SMARTS) is 1. The third-order valence-corrected chi connectivity index (χ3v) is 7.28. The Kier molecular flexibility index (Phi) is 13.6. The molecule has 8 nitrogen and oxygen atoms in total. The van der Waals surface area contributed by atoms with Crippen LogP contribution in [0.4, 0.5) is 4.79 Å². The summed E-state index contributed by atoms with van der Waals surface area (Å²) in [6.07, 6.45) is 7.19. The van der Waals surface area contributed by atoms with Crippen LogP contribution in [-0.4, -0.2) is 39.0 Å². The Morgan fingerprint density at radius 2 is 1.91 bits per heavy atom. The minimum Gasteiger partial charge on any atom is -0.478 e. The van der Waals surface area contributed by atoms with E-state index in [1.165, 1.54) is 38.2 Å². The summed E-state index contributed by atoms with van der Waals surface area (Å²) < 4.78 is 19.8. The third kappa shape index (κ3) is 9.52. The van der Waals surface area contributed by atoms with Gasteiger partial charge in [-0.25, -0.2) is 23.5 Å². The van der Waals surface area contributed by atoms with E-state index in [0.29, 0.717) is 17.4 Å². The van der Waals surface area contributed by atoms with Gasteiger partial charge in [0.25, 0.3) is 0 Å². The summed E-state index contributed by atoms with van der Waals surface area (Å²) in [5, 5.41) is 10.4. The Morgan fingerprint density at radius 3 is 2.41 bits per heavy atom. The molecule has 1 aliphatic rings. The quantitative estimate of drug-likeness (QED) is 0.437. The number of primary amides is 1. The lowest BCUT2D eigenvalue weighted by Crippen LogP contribution is -2.17. The van der Waals surface area contributed by atoms with Gasteiger partial charge in [-0.15, -0.1) is 11.3 Å². The second kappa shape index (κ2) is 15.6. The number of benzene rings is 1. The molecular formula is C24H37N3O5S2. The monoisotopic (exact) mass is 511 g/mol. The average molecular weight is 512 g/mol. The first-order valence-corrected chi connectivity index (χ1v) is 13.6. The normalized spacial score (nSPS) is 14.3. The number of carbonyl (C=O) groups excluding carboxylic acids is 1. The van der Waals surface area contributed by atoms with Crippen LogP contribution in [-0.2, 0) is 15.7 Å². The fraction of sp³-hybridized carbons (Fsp3) is 0.542. The molecule has 1 heterocycles. The molecule has 1 aliphatic carbocycles. The molecule has 1 amide bonds. The maximum Gasteiger partial charge on any atom is 0.404 e. The number of hydrogen-bond acceptors (Lipinski definition) is 6. The number of aromatic nitrogens is 1. The molecule has 0 radical (unpaired) electrons. The number of nitrogens with zero attached hydrogens (tertiary/aromatic N) is 1. The van der Waals surface area contributed by atoms with Crippen molar-refractivity contribution in [2.45, 2.75) is 83.6 Å². The third-order valence-electron chi connectivity index (χ3n) is 4.80. The van der Waals surface area contributed by atoms with Crippen molar-refractivity contribution < 1.29 is 23.6 Å². The van der Waals surface area contributed by atoms with E-state index >= 15 is 0 Å². The highest BCUT2D eigenvalue weighted by Crippen LogP contribution is 2.38. The topological polar surface area (TPSA) is 132 Å². The lowest BCUT2D eigenvalue weighted by molar-refractivity contribution is 0.0696. The maximum absolute atomic E-state index is 12.5. The van der Waals surface area contributed by atoms with Gasteiger partial charge >= 0.3 is 12.1 Å². The SMILES string of the molecule is CC.CC(C)OC(N)=O.CCNS(=O)c1cc(C(=O)O)ccc1-c1cnc(C2CCCCC2)s1. The lowest BCUT2D eigenvalue weighted by atomic mass is 9.90. The zero-order valence-corrected chi connectivity index (χ0v) is 22.3. The Balaban J connectivity index is 0.000000553. The molecule has 190 valence electrons. The van der Waals surface area contributed by atoms with Crippen molar-refractivity contribution in [2.75, 3.05) is 6.54 Å². The van der Waals surface area contributed by atoms with Crippen molar-refractivity contribution >= 4 is 34.4 Å². The molecule has 1 unspecified atom stereocenters. The average Bonchev–Trinajstić information content (AvgIpc) is 3.30. The van der Waals surface area contributed by atoms with Gasteiger partial charge in [-0.1, -0.05) is 46.1 Å². The number of hydrogen-bond donors (Lipinski definition) is 3. The number of thiazole rings is 1. The molecule has 0 spiro atoms. The summed E-state index contributed by atoms with van der Waals surface area (Å²) in [6, 6.07) is 4.80. The summed E-state index contributed by atoms with van der Waals surface area (Å²) in [4.78, 5) is 27.1. The highest BCUT2D eigenvalue weighted by molar-refractivity contribution is 7.83. The minimum atomic E-state index is -1.45. The fourth-order valence-corrected chi connectivity index (χ4v) is 5.62. The Morgan fingerprint density at radius 1 is 1.26 bits per heavy atom. The number of nitrogens with two attached hydrogens (primary N) is 1. The Hall–Kier alpha value is -2.30. The number of rotatable bonds is 7. The van der Waals surface area contributed by atoms with E-state index in [9.17, 15) is 18.9 Å². The van der Waals surface area contributed by atoms with Crippen LogP contribution in [0.1, 0.15) is 88.0 Å². The molecule has 0 aliphatic heterocycles. The maximum atomic E-state index is 12.5. The summed E-state index contributed by atoms with van der Waals surface area (Å²) in [6.45, 7) is 9.89. The first kappa shape index (κ1) is 29.7. The molecule has 4 N–H and O–H groups in total. The van der Waals surface area contributed by atoms with Crippen LogP contribution in [0.2, 0.25) is 0 Å². The summed E-state index contributed by atoms with van der Waals surface area (Å²) in [5.41, 5.74) is 5.57. The molecule has 1 fully saturated rings. The van der Waals surface area contributed by atoms with Crippen molar-refractivity contribution in [3.8, 4) is 10.4 Å². The van der Waals surface area contributed by atoms with E-state index in [0.717, 1.165) is 15.4 Å². The first-order valence-electron chi connectivity index (χ1n) is 11.7. The van der Waals surface area contributed by atoms with E-state index in [2.05, 4.69) is 20.2 Å². The minimum absolute atomic E-state index is 0.0995. The van der Waals surface area contributed by atoms with E-state index in [-0.39, 0.29) is 11.7 Å².